The molecule has 0 bridgehead atoms. The molecular weight excluding hydrogens is 718 g/mol. The number of halogens is 1. The van der Waals surface area contributed by atoms with E-state index in [1.165, 1.54) is 6.92 Å². The summed E-state index contributed by atoms with van der Waals surface area (Å²) in [6.07, 6.45) is -3.02. The van der Waals surface area contributed by atoms with Crippen molar-refractivity contribution in [3.63, 3.8) is 0 Å². The molecule has 12 heteroatoms. The molecule has 5 N–H and O–H groups in total. The lowest BCUT2D eigenvalue weighted by Crippen LogP contribution is -2.52. The summed E-state index contributed by atoms with van der Waals surface area (Å²) in [6.45, 7) is 8.97. The predicted octanol–water partition coefficient (Wildman–Crippen LogP) is 6.46. The van der Waals surface area contributed by atoms with Crippen molar-refractivity contribution in [2.45, 2.75) is 84.3 Å². The van der Waals surface area contributed by atoms with Gasteiger partial charge in [-0.1, -0.05) is 116 Å². The number of fused-ring (bicyclic) bond motifs is 1. The fraction of sp³-hybridized carbons (Fsp3) is 0.326. The van der Waals surface area contributed by atoms with Crippen molar-refractivity contribution in [3.8, 4) is 0 Å². The molecule has 0 aliphatic carbocycles. The number of hydrogen-bond donors (Lipinski definition) is 5. The Morgan fingerprint density at radius 1 is 0.818 bits per heavy atom. The maximum atomic E-state index is 13.9. The van der Waals surface area contributed by atoms with Crippen LogP contribution in [0.5, 0.6) is 0 Å². The summed E-state index contributed by atoms with van der Waals surface area (Å²) >= 11 is 6.31. The van der Waals surface area contributed by atoms with Gasteiger partial charge in [0.1, 0.15) is 6.04 Å². The Labute approximate surface area is 327 Å². The van der Waals surface area contributed by atoms with E-state index in [9.17, 15) is 24.3 Å². The molecule has 0 fully saturated rings. The number of aliphatic hydroxyl groups excluding tert-OH is 1. The fourth-order valence-electron chi connectivity index (χ4n) is 6.05. The molecule has 4 aromatic carbocycles. The van der Waals surface area contributed by atoms with Crippen molar-refractivity contribution >= 4 is 46.8 Å². The minimum atomic E-state index is -1.32. The SMILES string of the molecule is CC.CC(C)OC(=O)N[C@H](Cc1ccccc1)[C@@H](O)CC(Cc1ccccc1)C(=O)N[C@H](C)C(=O)NC1N=C(c2ccccc2)c2cc(Cl)ccc2NC1=O. The second-order valence-electron chi connectivity index (χ2n) is 13.2. The zero-order chi connectivity index (χ0) is 39.9. The van der Waals surface area contributed by atoms with Crippen LogP contribution in [-0.2, 0) is 32.0 Å². The van der Waals surface area contributed by atoms with Crippen molar-refractivity contribution in [1.82, 2.24) is 16.0 Å². The lowest BCUT2D eigenvalue weighted by Gasteiger charge is -2.28. The van der Waals surface area contributed by atoms with Crippen LogP contribution in [0, 0.1) is 5.92 Å². The van der Waals surface area contributed by atoms with Crippen LogP contribution in [0.1, 0.15) is 63.3 Å². The van der Waals surface area contributed by atoms with Crippen LogP contribution in [0.2, 0.25) is 5.02 Å². The van der Waals surface area contributed by atoms with Gasteiger partial charge in [0.15, 0.2) is 0 Å². The van der Waals surface area contributed by atoms with Gasteiger partial charge < -0.3 is 31.1 Å². The number of nitrogens with zero attached hydrogens (tertiary/aromatic N) is 1. The maximum absolute atomic E-state index is 13.9. The first-order valence-electron chi connectivity index (χ1n) is 18.5. The Morgan fingerprint density at radius 2 is 1.40 bits per heavy atom. The first-order chi connectivity index (χ1) is 26.5. The molecule has 4 amide bonds. The van der Waals surface area contributed by atoms with Crippen molar-refractivity contribution in [2.75, 3.05) is 5.32 Å². The van der Waals surface area contributed by atoms with E-state index < -0.39 is 54.1 Å². The molecule has 2 unspecified atom stereocenters. The number of amides is 4. The first-order valence-corrected chi connectivity index (χ1v) is 18.9. The number of carbonyl (C=O) groups is 4. The van der Waals surface area contributed by atoms with E-state index in [1.807, 2.05) is 105 Å². The lowest BCUT2D eigenvalue weighted by atomic mass is 9.88. The number of aliphatic hydroxyl groups is 1. The monoisotopic (exact) mass is 767 g/mol. The third-order valence-electron chi connectivity index (χ3n) is 8.71. The van der Waals surface area contributed by atoms with Gasteiger partial charge in [0.2, 0.25) is 18.0 Å². The molecule has 5 rings (SSSR count). The zero-order valence-electron chi connectivity index (χ0n) is 31.8. The van der Waals surface area contributed by atoms with E-state index in [2.05, 4.69) is 26.3 Å². The third kappa shape index (κ3) is 12.5. The van der Waals surface area contributed by atoms with Crippen LogP contribution >= 0.6 is 11.6 Å². The molecular formula is C43H50ClN5O6. The van der Waals surface area contributed by atoms with Gasteiger partial charge in [0.25, 0.3) is 5.91 Å². The molecule has 290 valence electrons. The summed E-state index contributed by atoms with van der Waals surface area (Å²) in [4.78, 5) is 58.2. The smallest absolute Gasteiger partial charge is 0.407 e. The van der Waals surface area contributed by atoms with Crippen LogP contribution < -0.4 is 21.3 Å². The van der Waals surface area contributed by atoms with E-state index in [4.69, 9.17) is 16.3 Å². The minimum Gasteiger partial charge on any atom is -0.447 e. The number of carbonyl (C=O) groups excluding carboxylic acids is 4. The van der Waals surface area contributed by atoms with Crippen molar-refractivity contribution in [3.05, 3.63) is 136 Å². The number of hydrogen-bond acceptors (Lipinski definition) is 7. The summed E-state index contributed by atoms with van der Waals surface area (Å²) in [5.74, 6) is -2.49. The van der Waals surface area contributed by atoms with Gasteiger partial charge in [-0.05, 0) is 69.4 Å². The molecule has 0 saturated heterocycles. The zero-order valence-corrected chi connectivity index (χ0v) is 32.5. The van der Waals surface area contributed by atoms with Gasteiger partial charge in [-0.2, -0.15) is 0 Å². The number of nitrogens with one attached hydrogen (secondary N) is 4. The van der Waals surface area contributed by atoms with Gasteiger partial charge >= 0.3 is 6.09 Å². The first kappa shape index (κ1) is 42.2. The number of aliphatic imine (C=N–C) groups is 1. The average Bonchev–Trinajstić information content (AvgIpc) is 3.31. The van der Waals surface area contributed by atoms with Gasteiger partial charge in [0, 0.05) is 22.1 Å². The highest BCUT2D eigenvalue weighted by molar-refractivity contribution is 6.32. The van der Waals surface area contributed by atoms with Gasteiger partial charge in [-0.3, -0.25) is 14.4 Å². The van der Waals surface area contributed by atoms with Crippen molar-refractivity contribution in [1.29, 1.82) is 0 Å². The Balaban J connectivity index is 0.00000331. The van der Waals surface area contributed by atoms with Crippen LogP contribution in [0.15, 0.2) is 114 Å². The minimum absolute atomic E-state index is 0.0366. The molecule has 0 saturated carbocycles. The Bertz CT molecular complexity index is 1910. The van der Waals surface area contributed by atoms with Gasteiger partial charge in [-0.15, -0.1) is 0 Å². The van der Waals surface area contributed by atoms with Gasteiger partial charge in [0.05, 0.1) is 29.6 Å². The summed E-state index contributed by atoms with van der Waals surface area (Å²) < 4.78 is 5.30. The number of benzodiazepines with no additional fused rings is 1. The molecule has 5 atom stereocenters. The van der Waals surface area contributed by atoms with E-state index in [0.29, 0.717) is 34.0 Å². The standard InChI is InChI=1S/C41H44ClN5O6.C2H6/c1-25(2)53-41(52)45-34(22-28-15-9-5-10-16-28)35(48)23-30(21-27-13-7-4-8-14-27)39(50)43-26(3)38(49)47-37-40(51)44-33-20-19-31(42)24-32(33)36(46-37)29-17-11-6-12-18-29;1-2/h4-20,24-26,30,34-35,37,48H,21-23H2,1-3H3,(H,43,50)(H,44,51)(H,45,52)(H,47,49);1-2H3/t26-,30?,34-,35+,37?;/m1./s1. The largest absolute Gasteiger partial charge is 0.447 e. The van der Waals surface area contributed by atoms with Crippen LogP contribution in [-0.4, -0.2) is 65.1 Å². The molecule has 1 aliphatic rings. The van der Waals surface area contributed by atoms with Crippen LogP contribution in [0.3, 0.4) is 0 Å². The van der Waals surface area contributed by atoms with Crippen LogP contribution in [0.4, 0.5) is 10.5 Å². The number of benzene rings is 4. The van der Waals surface area contributed by atoms with Crippen molar-refractivity contribution in [2.24, 2.45) is 10.9 Å². The average molecular weight is 768 g/mol. The van der Waals surface area contributed by atoms with E-state index in [0.717, 1.165) is 11.1 Å². The molecule has 0 aromatic heterocycles. The number of alkyl carbamates (subject to hydrolysis) is 1. The second-order valence-corrected chi connectivity index (χ2v) is 13.7. The number of ether oxygens (including phenoxy) is 1. The lowest BCUT2D eigenvalue weighted by molar-refractivity contribution is -0.132. The summed E-state index contributed by atoms with van der Waals surface area (Å²) in [5.41, 5.74) is 3.98. The Kier molecular flexibility index (Phi) is 16.0. The van der Waals surface area contributed by atoms with E-state index in [-0.39, 0.29) is 18.9 Å². The number of anilines is 1. The molecule has 0 spiro atoms. The third-order valence-corrected chi connectivity index (χ3v) is 8.95. The quantitative estimate of drug-likeness (QED) is 0.0992. The fourth-order valence-corrected chi connectivity index (χ4v) is 6.22. The predicted molar refractivity (Wildman–Crippen MR) is 216 cm³/mol. The highest BCUT2D eigenvalue weighted by Crippen LogP contribution is 2.27. The Hall–Kier alpha value is -5.52. The molecule has 0 radical (unpaired) electrons. The topological polar surface area (TPSA) is 158 Å². The second kappa shape index (κ2) is 20.8. The van der Waals surface area contributed by atoms with Crippen molar-refractivity contribution < 1.29 is 29.0 Å². The van der Waals surface area contributed by atoms with E-state index in [1.54, 1.807) is 32.0 Å². The highest BCUT2D eigenvalue weighted by Gasteiger charge is 2.32. The normalized spacial score (nSPS) is 15.6. The highest BCUT2D eigenvalue weighted by atomic mass is 35.5. The molecule has 55 heavy (non-hydrogen) atoms. The van der Waals surface area contributed by atoms with Gasteiger partial charge in [-0.25, -0.2) is 9.79 Å². The molecule has 1 heterocycles. The summed E-state index contributed by atoms with van der Waals surface area (Å²) in [6, 6.07) is 31.1. The summed E-state index contributed by atoms with van der Waals surface area (Å²) in [7, 11) is 0. The molecule has 4 aromatic rings. The van der Waals surface area contributed by atoms with Crippen LogP contribution in [0.25, 0.3) is 0 Å². The number of rotatable bonds is 14. The maximum Gasteiger partial charge on any atom is 0.407 e. The molecule has 11 nitrogen and oxygen atoms in total. The molecule has 1 aliphatic heterocycles. The summed E-state index contributed by atoms with van der Waals surface area (Å²) in [5, 5.41) is 23.1. The van der Waals surface area contributed by atoms with E-state index >= 15 is 0 Å². The Morgan fingerprint density at radius 3 is 2.00 bits per heavy atom.